The topological polar surface area (TPSA) is 267 Å². The minimum Gasteiger partial charge on any atom is -0.368 e. The number of hydrogen-bond acceptors (Lipinski definition) is 9. The van der Waals surface area contributed by atoms with Crippen LogP contribution in [0.2, 0.25) is 0 Å². The van der Waals surface area contributed by atoms with Crippen molar-refractivity contribution in [3.63, 3.8) is 0 Å². The van der Waals surface area contributed by atoms with Crippen molar-refractivity contribution in [3.8, 4) is 0 Å². The molecule has 0 aromatic carbocycles. The van der Waals surface area contributed by atoms with Gasteiger partial charge in [-0.1, -0.05) is 58.3 Å². The summed E-state index contributed by atoms with van der Waals surface area (Å²) in [5.74, 6) is -2.05. The number of primary amides is 1. The van der Waals surface area contributed by atoms with Crippen LogP contribution in [0.4, 0.5) is 0 Å². The van der Waals surface area contributed by atoms with E-state index < -0.39 is 24.0 Å². The van der Waals surface area contributed by atoms with Gasteiger partial charge >= 0.3 is 0 Å². The Morgan fingerprint density at radius 1 is 0.434 bits per heavy atom. The summed E-state index contributed by atoms with van der Waals surface area (Å²) in [6, 6.07) is -2.19. The second kappa shape index (κ2) is 34.5. The van der Waals surface area contributed by atoms with Gasteiger partial charge in [0, 0.05) is 32.4 Å². The fourth-order valence-corrected chi connectivity index (χ4v) is 5.86. The van der Waals surface area contributed by atoms with Crippen molar-refractivity contribution < 1.29 is 28.8 Å². The molecule has 0 bridgehead atoms. The van der Waals surface area contributed by atoms with Crippen molar-refractivity contribution in [2.45, 2.75) is 173 Å². The molecule has 6 amide bonds. The highest BCUT2D eigenvalue weighted by Crippen LogP contribution is 2.11. The first kappa shape index (κ1) is 49.7. The number of carbonyl (C=O) groups excluding carboxylic acids is 6. The summed E-state index contributed by atoms with van der Waals surface area (Å²) in [5, 5.41) is 13.9. The first-order valence-corrected chi connectivity index (χ1v) is 20.4. The van der Waals surface area contributed by atoms with E-state index in [1.165, 1.54) is 38.5 Å². The third-order valence-corrected chi connectivity index (χ3v) is 9.09. The average molecular weight is 754 g/mol. The molecule has 0 aliphatic heterocycles. The molecule has 3 atom stereocenters. The Kier molecular flexibility index (Phi) is 32.3. The standard InChI is InChI=1S/C38H75N9O6/c1-2-3-4-5-6-7-8-9-10-22-33(48)46-31(20-12-15-26-40)37(52)44-29-18-24-35(50)47-32(21-13-16-27-41)38(53)43-28-17-23-34(49)45-30(36(42)51)19-11-14-25-39/h30-32H,2-29,39-41H2,1H3,(H2,42,51)(H,43,53)(H,44,52)(H,45,49)(H,46,48)(H,47,50)/t30-,31-,32-/m0/s1. The van der Waals surface area contributed by atoms with E-state index in [4.69, 9.17) is 22.9 Å². The molecule has 308 valence electrons. The minimum atomic E-state index is -0.771. The van der Waals surface area contributed by atoms with Gasteiger partial charge in [-0.3, -0.25) is 28.8 Å². The highest BCUT2D eigenvalue weighted by Gasteiger charge is 2.22. The second-order valence-electron chi connectivity index (χ2n) is 14.0. The van der Waals surface area contributed by atoms with Gasteiger partial charge in [-0.15, -0.1) is 0 Å². The zero-order valence-electron chi connectivity index (χ0n) is 32.8. The molecule has 0 saturated heterocycles. The molecule has 0 aliphatic carbocycles. The van der Waals surface area contributed by atoms with Gasteiger partial charge in [-0.2, -0.15) is 0 Å². The lowest BCUT2D eigenvalue weighted by Gasteiger charge is -2.20. The van der Waals surface area contributed by atoms with E-state index in [9.17, 15) is 28.8 Å². The lowest BCUT2D eigenvalue weighted by Crippen LogP contribution is -2.48. The van der Waals surface area contributed by atoms with E-state index in [0.29, 0.717) is 83.8 Å². The summed E-state index contributed by atoms with van der Waals surface area (Å²) in [5.41, 5.74) is 22.1. The highest BCUT2D eigenvalue weighted by molar-refractivity contribution is 5.89. The number of nitrogens with one attached hydrogen (secondary N) is 5. The SMILES string of the molecule is CCCCCCCCCCCC(=O)N[C@@H](CCCCN)C(=O)NCCCC(=O)N[C@@H](CCCCN)C(=O)NCCCC(=O)N[C@@H](CCCCN)C(N)=O. The second-order valence-corrected chi connectivity index (χ2v) is 14.0. The molecule has 0 spiro atoms. The van der Waals surface area contributed by atoms with Crippen molar-refractivity contribution in [1.82, 2.24) is 26.6 Å². The number of unbranched alkanes of at least 4 members (excludes halogenated alkanes) is 11. The van der Waals surface area contributed by atoms with E-state index in [1.807, 2.05) is 0 Å². The van der Waals surface area contributed by atoms with Gasteiger partial charge in [-0.05, 0) is 96.7 Å². The Hall–Kier alpha value is -3.30. The Labute approximate surface area is 318 Å². The Morgan fingerprint density at radius 2 is 0.774 bits per heavy atom. The van der Waals surface area contributed by atoms with Crippen LogP contribution in [-0.2, 0) is 28.8 Å². The van der Waals surface area contributed by atoms with Gasteiger partial charge in [0.25, 0.3) is 0 Å². The maximum absolute atomic E-state index is 13.0. The molecule has 15 nitrogen and oxygen atoms in total. The molecular formula is C38H75N9O6. The number of amides is 6. The van der Waals surface area contributed by atoms with Crippen molar-refractivity contribution in [2.24, 2.45) is 22.9 Å². The van der Waals surface area contributed by atoms with E-state index >= 15 is 0 Å². The normalized spacial score (nSPS) is 12.7. The van der Waals surface area contributed by atoms with Crippen LogP contribution in [0.3, 0.4) is 0 Å². The van der Waals surface area contributed by atoms with Crippen molar-refractivity contribution in [1.29, 1.82) is 0 Å². The number of hydrogen-bond donors (Lipinski definition) is 9. The van der Waals surface area contributed by atoms with Gasteiger partial charge in [0.1, 0.15) is 18.1 Å². The molecule has 0 aromatic heterocycles. The fraction of sp³-hybridized carbons (Fsp3) is 0.842. The number of carbonyl (C=O) groups is 6. The molecule has 0 aromatic rings. The third-order valence-electron chi connectivity index (χ3n) is 9.09. The van der Waals surface area contributed by atoms with E-state index in [1.54, 1.807) is 0 Å². The predicted molar refractivity (Wildman–Crippen MR) is 210 cm³/mol. The fourth-order valence-electron chi connectivity index (χ4n) is 5.86. The monoisotopic (exact) mass is 754 g/mol. The quantitative estimate of drug-likeness (QED) is 0.0423. The summed E-state index contributed by atoms with van der Waals surface area (Å²) < 4.78 is 0. The summed E-state index contributed by atoms with van der Waals surface area (Å²) in [6.07, 6.45) is 17.2. The van der Waals surface area contributed by atoms with E-state index in [0.717, 1.165) is 32.1 Å². The molecule has 0 aliphatic rings. The molecule has 0 rings (SSSR count). The Balaban J connectivity index is 4.70. The van der Waals surface area contributed by atoms with Gasteiger partial charge in [0.2, 0.25) is 35.4 Å². The smallest absolute Gasteiger partial charge is 0.242 e. The molecule has 15 heteroatoms. The summed E-state index contributed by atoms with van der Waals surface area (Å²) in [7, 11) is 0. The maximum atomic E-state index is 13.0. The zero-order chi connectivity index (χ0) is 39.5. The number of rotatable bonds is 36. The van der Waals surface area contributed by atoms with Crippen LogP contribution in [0.25, 0.3) is 0 Å². The first-order chi connectivity index (χ1) is 25.6. The molecular weight excluding hydrogens is 678 g/mol. The molecule has 0 heterocycles. The van der Waals surface area contributed by atoms with Crippen LogP contribution in [0.15, 0.2) is 0 Å². The van der Waals surface area contributed by atoms with Crippen LogP contribution in [-0.4, -0.2) is 86.3 Å². The van der Waals surface area contributed by atoms with Gasteiger partial charge in [0.05, 0.1) is 0 Å². The van der Waals surface area contributed by atoms with Crippen LogP contribution in [0.5, 0.6) is 0 Å². The molecule has 0 fully saturated rings. The minimum absolute atomic E-state index is 0.0910. The largest absolute Gasteiger partial charge is 0.368 e. The lowest BCUT2D eigenvalue weighted by atomic mass is 10.1. The third kappa shape index (κ3) is 28.8. The van der Waals surface area contributed by atoms with Crippen molar-refractivity contribution in [3.05, 3.63) is 0 Å². The van der Waals surface area contributed by atoms with Gasteiger partial charge in [-0.25, -0.2) is 0 Å². The van der Waals surface area contributed by atoms with Crippen molar-refractivity contribution in [2.75, 3.05) is 32.7 Å². The number of nitrogens with two attached hydrogens (primary N) is 4. The lowest BCUT2D eigenvalue weighted by molar-refractivity contribution is -0.129. The molecule has 13 N–H and O–H groups in total. The van der Waals surface area contributed by atoms with Crippen LogP contribution < -0.4 is 49.5 Å². The summed E-state index contributed by atoms with van der Waals surface area (Å²) in [4.78, 5) is 75.3. The van der Waals surface area contributed by atoms with Gasteiger partial charge in [0.15, 0.2) is 0 Å². The van der Waals surface area contributed by atoms with Crippen molar-refractivity contribution >= 4 is 35.4 Å². The van der Waals surface area contributed by atoms with E-state index in [2.05, 4.69) is 33.5 Å². The van der Waals surface area contributed by atoms with Gasteiger partial charge < -0.3 is 49.5 Å². The summed E-state index contributed by atoms with van der Waals surface area (Å²) in [6.45, 7) is 4.11. The summed E-state index contributed by atoms with van der Waals surface area (Å²) >= 11 is 0. The Bertz CT molecular complexity index is 1020. The van der Waals surface area contributed by atoms with Crippen LogP contribution in [0, 0.1) is 0 Å². The molecule has 53 heavy (non-hydrogen) atoms. The Morgan fingerprint density at radius 3 is 1.15 bits per heavy atom. The highest BCUT2D eigenvalue weighted by atomic mass is 16.2. The first-order valence-electron chi connectivity index (χ1n) is 20.4. The van der Waals surface area contributed by atoms with E-state index in [-0.39, 0.29) is 55.5 Å². The molecule has 0 saturated carbocycles. The average Bonchev–Trinajstić information content (AvgIpc) is 3.13. The van der Waals surface area contributed by atoms with Crippen LogP contribution >= 0.6 is 0 Å². The maximum Gasteiger partial charge on any atom is 0.242 e. The predicted octanol–water partition coefficient (Wildman–Crippen LogP) is 2.03. The van der Waals surface area contributed by atoms with Crippen LogP contribution in [0.1, 0.15) is 155 Å². The zero-order valence-corrected chi connectivity index (χ0v) is 32.8. The molecule has 0 radical (unpaired) electrons. The molecule has 0 unspecified atom stereocenters.